The summed E-state index contributed by atoms with van der Waals surface area (Å²) in [6.07, 6.45) is 6.16. The second kappa shape index (κ2) is 8.34. The number of carbonyl (C=O) groups excluding carboxylic acids is 1. The molecular weight excluding hydrogens is 288 g/mol. The topological polar surface area (TPSA) is 55.6 Å². The Kier molecular flexibility index (Phi) is 6.46. The van der Waals surface area contributed by atoms with Crippen LogP contribution in [0.15, 0.2) is 18.2 Å². The molecule has 4 nitrogen and oxygen atoms in total. The molecule has 0 radical (unpaired) electrons. The number of ether oxygens (including phenoxy) is 1. The van der Waals surface area contributed by atoms with E-state index in [-0.39, 0.29) is 11.9 Å². The summed E-state index contributed by atoms with van der Waals surface area (Å²) < 4.78 is 5.76. The molecule has 1 heterocycles. The van der Waals surface area contributed by atoms with E-state index in [4.69, 9.17) is 10.5 Å². The van der Waals surface area contributed by atoms with E-state index >= 15 is 0 Å². The maximum absolute atomic E-state index is 12.5. The summed E-state index contributed by atoms with van der Waals surface area (Å²) in [5.41, 5.74) is 8.20. The van der Waals surface area contributed by atoms with Gasteiger partial charge in [-0.05, 0) is 37.5 Å². The molecule has 2 N–H and O–H groups in total. The van der Waals surface area contributed by atoms with Gasteiger partial charge in [0.25, 0.3) is 5.91 Å². The molecule has 23 heavy (non-hydrogen) atoms. The number of carbonyl (C=O) groups is 1. The van der Waals surface area contributed by atoms with E-state index < -0.39 is 6.10 Å². The first-order valence-corrected chi connectivity index (χ1v) is 8.96. The number of fused-ring (bicyclic) bond motifs is 1. The van der Waals surface area contributed by atoms with E-state index in [0.717, 1.165) is 49.2 Å². The van der Waals surface area contributed by atoms with Crippen molar-refractivity contribution in [1.82, 2.24) is 0 Å². The number of nitrogens with two attached hydrogens (primary N) is 1. The van der Waals surface area contributed by atoms with Crippen molar-refractivity contribution in [2.45, 2.75) is 71.4 Å². The third-order valence-electron chi connectivity index (χ3n) is 4.45. The smallest absolute Gasteiger partial charge is 0.267 e. The van der Waals surface area contributed by atoms with E-state index in [2.05, 4.69) is 13.8 Å². The third-order valence-corrected chi connectivity index (χ3v) is 4.45. The molecule has 0 aliphatic carbocycles. The lowest BCUT2D eigenvalue weighted by Gasteiger charge is -2.33. The zero-order chi connectivity index (χ0) is 16.8. The van der Waals surface area contributed by atoms with E-state index in [1.165, 1.54) is 12.8 Å². The molecule has 2 atom stereocenters. The second-order valence-electron chi connectivity index (χ2n) is 6.43. The van der Waals surface area contributed by atoms with Crippen molar-refractivity contribution in [3.05, 3.63) is 23.8 Å². The fraction of sp³-hybridized carbons (Fsp3) is 0.632. The monoisotopic (exact) mass is 318 g/mol. The van der Waals surface area contributed by atoms with Gasteiger partial charge in [-0.15, -0.1) is 0 Å². The molecule has 4 heteroatoms. The first kappa shape index (κ1) is 17.8. The lowest BCUT2D eigenvalue weighted by Crippen LogP contribution is -2.45. The maximum Gasteiger partial charge on any atom is 0.267 e. The minimum Gasteiger partial charge on any atom is -0.479 e. The fourth-order valence-corrected chi connectivity index (χ4v) is 3.06. The van der Waals surface area contributed by atoms with E-state index in [9.17, 15) is 4.79 Å². The average Bonchev–Trinajstić information content (AvgIpc) is 2.54. The van der Waals surface area contributed by atoms with Crippen LogP contribution in [0.25, 0.3) is 0 Å². The zero-order valence-corrected chi connectivity index (χ0v) is 14.7. The molecule has 0 fully saturated rings. The van der Waals surface area contributed by atoms with Crippen LogP contribution in [-0.4, -0.2) is 18.6 Å². The van der Waals surface area contributed by atoms with Crippen LogP contribution >= 0.6 is 0 Å². The molecule has 0 saturated carbocycles. The van der Waals surface area contributed by atoms with Crippen LogP contribution in [0.3, 0.4) is 0 Å². The largest absolute Gasteiger partial charge is 0.479 e. The number of hydrogen-bond acceptors (Lipinski definition) is 3. The highest BCUT2D eigenvalue weighted by Gasteiger charge is 2.31. The molecule has 0 bridgehead atoms. The van der Waals surface area contributed by atoms with E-state index in [0.29, 0.717) is 0 Å². The summed E-state index contributed by atoms with van der Waals surface area (Å²) in [6.45, 7) is 6.90. The van der Waals surface area contributed by atoms with Crippen molar-refractivity contribution in [3.8, 4) is 5.75 Å². The molecule has 1 aromatic rings. The van der Waals surface area contributed by atoms with E-state index in [1.807, 2.05) is 30.0 Å². The zero-order valence-electron chi connectivity index (χ0n) is 14.7. The molecule has 2 unspecified atom stereocenters. The number of nitrogens with zero attached hydrogens (tertiary/aromatic N) is 1. The minimum atomic E-state index is -0.413. The van der Waals surface area contributed by atoms with Crippen molar-refractivity contribution in [3.63, 3.8) is 0 Å². The molecule has 0 aromatic heterocycles. The lowest BCUT2D eigenvalue weighted by atomic mass is 10.0. The van der Waals surface area contributed by atoms with Gasteiger partial charge in [0, 0.05) is 12.6 Å². The van der Waals surface area contributed by atoms with Crippen molar-refractivity contribution < 1.29 is 9.53 Å². The van der Waals surface area contributed by atoms with Gasteiger partial charge in [0.2, 0.25) is 0 Å². The lowest BCUT2D eigenvalue weighted by molar-refractivity contribution is -0.125. The highest BCUT2D eigenvalue weighted by Crippen LogP contribution is 2.36. The standard InChI is InChI=1S/C19H30N2O2/c1-4-6-7-8-12-21-17-13-15(16(20)9-5-2)10-11-18(17)23-14(3)19(21)22/h10-11,13-14,16H,4-9,12,20H2,1-3H3. The molecule has 1 aliphatic rings. The highest BCUT2D eigenvalue weighted by atomic mass is 16.5. The van der Waals surface area contributed by atoms with Gasteiger partial charge in [-0.1, -0.05) is 45.6 Å². The minimum absolute atomic E-state index is 0.0155. The summed E-state index contributed by atoms with van der Waals surface area (Å²) in [6, 6.07) is 6.04. The Morgan fingerprint density at radius 2 is 2.00 bits per heavy atom. The number of unbranched alkanes of at least 4 members (excludes halogenated alkanes) is 3. The van der Waals surface area contributed by atoms with E-state index in [1.54, 1.807) is 0 Å². The van der Waals surface area contributed by atoms with Gasteiger partial charge < -0.3 is 15.4 Å². The average molecular weight is 318 g/mol. The molecule has 1 aliphatic heterocycles. The van der Waals surface area contributed by atoms with Crippen LogP contribution in [0.5, 0.6) is 5.75 Å². The predicted molar refractivity (Wildman–Crippen MR) is 94.9 cm³/mol. The Labute approximate surface area is 140 Å². The summed E-state index contributed by atoms with van der Waals surface area (Å²) in [7, 11) is 0. The van der Waals surface area contributed by atoms with Gasteiger partial charge in [0.05, 0.1) is 5.69 Å². The molecule has 0 spiro atoms. The predicted octanol–water partition coefficient (Wildman–Crippen LogP) is 4.18. The number of benzene rings is 1. The summed E-state index contributed by atoms with van der Waals surface area (Å²) in [5.74, 6) is 0.843. The van der Waals surface area contributed by atoms with Crippen LogP contribution < -0.4 is 15.4 Å². The number of anilines is 1. The Hall–Kier alpha value is -1.55. The number of amides is 1. The fourth-order valence-electron chi connectivity index (χ4n) is 3.06. The molecule has 2 rings (SSSR count). The molecule has 1 amide bonds. The number of hydrogen-bond donors (Lipinski definition) is 1. The van der Waals surface area contributed by atoms with Crippen molar-refractivity contribution in [2.75, 3.05) is 11.4 Å². The molecule has 0 saturated heterocycles. The van der Waals surface area contributed by atoms with Gasteiger partial charge in [0.15, 0.2) is 6.10 Å². The van der Waals surface area contributed by atoms with Gasteiger partial charge in [-0.25, -0.2) is 0 Å². The third kappa shape index (κ3) is 4.25. The van der Waals surface area contributed by atoms with Gasteiger partial charge in [0.1, 0.15) is 5.75 Å². The SMILES string of the molecule is CCCCCCN1C(=O)C(C)Oc2ccc(C(N)CCC)cc21. The van der Waals surface area contributed by atoms with Crippen LogP contribution in [0.2, 0.25) is 0 Å². The molecule has 128 valence electrons. The Balaban J connectivity index is 2.21. The Morgan fingerprint density at radius 3 is 2.70 bits per heavy atom. The van der Waals surface area contributed by atoms with Gasteiger partial charge in [-0.3, -0.25) is 4.79 Å². The maximum atomic E-state index is 12.5. The van der Waals surface area contributed by atoms with Crippen LogP contribution in [0.4, 0.5) is 5.69 Å². The first-order chi connectivity index (χ1) is 11.1. The Bertz CT molecular complexity index is 530. The Morgan fingerprint density at radius 1 is 1.22 bits per heavy atom. The van der Waals surface area contributed by atoms with Crippen molar-refractivity contribution in [1.29, 1.82) is 0 Å². The van der Waals surface area contributed by atoms with Gasteiger partial charge >= 0.3 is 0 Å². The van der Waals surface area contributed by atoms with Crippen molar-refractivity contribution in [2.24, 2.45) is 5.73 Å². The summed E-state index contributed by atoms with van der Waals surface area (Å²) in [5, 5.41) is 0. The van der Waals surface area contributed by atoms with Crippen molar-refractivity contribution >= 4 is 11.6 Å². The van der Waals surface area contributed by atoms with Crippen LogP contribution in [0.1, 0.15) is 70.9 Å². The first-order valence-electron chi connectivity index (χ1n) is 8.96. The second-order valence-corrected chi connectivity index (χ2v) is 6.43. The van der Waals surface area contributed by atoms with Gasteiger partial charge in [-0.2, -0.15) is 0 Å². The molecular formula is C19H30N2O2. The van der Waals surface area contributed by atoms with Crippen LogP contribution in [0, 0.1) is 0 Å². The quantitative estimate of drug-likeness (QED) is 0.732. The summed E-state index contributed by atoms with van der Waals surface area (Å²) in [4.78, 5) is 14.4. The summed E-state index contributed by atoms with van der Waals surface area (Å²) >= 11 is 0. The molecule has 1 aromatic carbocycles. The number of rotatable bonds is 8. The highest BCUT2D eigenvalue weighted by molar-refractivity contribution is 5.99. The normalized spacial score (nSPS) is 18.5. The van der Waals surface area contributed by atoms with Crippen LogP contribution in [-0.2, 0) is 4.79 Å².